The van der Waals surface area contributed by atoms with Crippen LogP contribution in [-0.2, 0) is 0 Å². The minimum absolute atomic E-state index is 0.00129. The predicted octanol–water partition coefficient (Wildman–Crippen LogP) is 3.19. The summed E-state index contributed by atoms with van der Waals surface area (Å²) in [6, 6.07) is 6.13. The van der Waals surface area contributed by atoms with E-state index in [4.69, 9.17) is 10.5 Å². The number of aromatic nitrogens is 2. The molecular weight excluding hydrogens is 272 g/mol. The van der Waals surface area contributed by atoms with Crippen molar-refractivity contribution < 1.29 is 9.66 Å². The number of nitrogen functional groups attached to an aromatic ring is 1. The SMILES string of the molecule is Cc1c(Oc2cc(N)nc(C(C)C)n2)cccc1[N+](=O)[O-]. The van der Waals surface area contributed by atoms with Gasteiger partial charge in [0, 0.05) is 18.1 Å². The maximum Gasteiger partial charge on any atom is 0.276 e. The highest BCUT2D eigenvalue weighted by atomic mass is 16.6. The number of hydrogen-bond donors (Lipinski definition) is 1. The Bertz CT molecular complexity index is 686. The van der Waals surface area contributed by atoms with Crippen LogP contribution in [0.15, 0.2) is 24.3 Å². The maximum absolute atomic E-state index is 10.9. The Morgan fingerprint density at radius 3 is 2.67 bits per heavy atom. The van der Waals surface area contributed by atoms with Gasteiger partial charge in [-0.25, -0.2) is 4.98 Å². The average Bonchev–Trinajstić information content (AvgIpc) is 2.40. The summed E-state index contributed by atoms with van der Waals surface area (Å²) in [6.07, 6.45) is 0. The van der Waals surface area contributed by atoms with E-state index in [0.717, 1.165) is 0 Å². The molecule has 7 nitrogen and oxygen atoms in total. The summed E-state index contributed by atoms with van der Waals surface area (Å²) < 4.78 is 5.64. The van der Waals surface area contributed by atoms with E-state index >= 15 is 0 Å². The highest BCUT2D eigenvalue weighted by Crippen LogP contribution is 2.31. The first-order valence-electron chi connectivity index (χ1n) is 6.44. The quantitative estimate of drug-likeness (QED) is 0.684. The Morgan fingerprint density at radius 2 is 2.05 bits per heavy atom. The van der Waals surface area contributed by atoms with Crippen molar-refractivity contribution in [1.29, 1.82) is 0 Å². The van der Waals surface area contributed by atoms with Gasteiger partial charge in [-0.1, -0.05) is 19.9 Å². The third-order valence-corrected chi connectivity index (χ3v) is 2.92. The van der Waals surface area contributed by atoms with Crippen LogP contribution in [0.4, 0.5) is 11.5 Å². The van der Waals surface area contributed by atoms with Crippen LogP contribution in [-0.4, -0.2) is 14.9 Å². The van der Waals surface area contributed by atoms with Crippen LogP contribution in [0.2, 0.25) is 0 Å². The molecule has 0 radical (unpaired) electrons. The second-order valence-corrected chi connectivity index (χ2v) is 4.90. The lowest BCUT2D eigenvalue weighted by Crippen LogP contribution is -2.03. The summed E-state index contributed by atoms with van der Waals surface area (Å²) in [6.45, 7) is 5.51. The molecule has 0 aliphatic heterocycles. The van der Waals surface area contributed by atoms with Gasteiger partial charge in [0.2, 0.25) is 5.88 Å². The number of nitro benzene ring substituents is 1. The van der Waals surface area contributed by atoms with E-state index in [1.807, 2.05) is 13.8 Å². The van der Waals surface area contributed by atoms with Crippen molar-refractivity contribution in [2.24, 2.45) is 0 Å². The highest BCUT2D eigenvalue weighted by Gasteiger charge is 2.16. The molecule has 2 rings (SSSR count). The summed E-state index contributed by atoms with van der Waals surface area (Å²) in [4.78, 5) is 18.9. The number of nitro groups is 1. The number of ether oxygens (including phenoxy) is 1. The standard InChI is InChI=1S/C14H16N4O3/c1-8(2)14-16-12(15)7-13(17-14)21-11-6-4-5-10(9(11)3)18(19)20/h4-8H,1-3H3,(H2,15,16,17). The number of hydrogen-bond acceptors (Lipinski definition) is 6. The number of anilines is 1. The van der Waals surface area contributed by atoms with Gasteiger partial charge in [0.1, 0.15) is 17.4 Å². The van der Waals surface area contributed by atoms with Gasteiger partial charge < -0.3 is 10.5 Å². The molecular formula is C14H16N4O3. The molecule has 0 fully saturated rings. The fourth-order valence-corrected chi connectivity index (χ4v) is 1.80. The van der Waals surface area contributed by atoms with Crippen molar-refractivity contribution in [1.82, 2.24) is 9.97 Å². The average molecular weight is 288 g/mol. The maximum atomic E-state index is 10.9. The predicted molar refractivity (Wildman–Crippen MR) is 78.4 cm³/mol. The van der Waals surface area contributed by atoms with Gasteiger partial charge in [0.15, 0.2) is 0 Å². The van der Waals surface area contributed by atoms with E-state index in [1.54, 1.807) is 19.1 Å². The molecule has 7 heteroatoms. The van der Waals surface area contributed by atoms with Crippen molar-refractivity contribution in [3.05, 3.63) is 45.8 Å². The van der Waals surface area contributed by atoms with Crippen LogP contribution in [0.5, 0.6) is 11.6 Å². The second kappa shape index (κ2) is 5.74. The first-order valence-corrected chi connectivity index (χ1v) is 6.44. The molecule has 1 aromatic carbocycles. The molecule has 0 bridgehead atoms. The molecule has 0 saturated heterocycles. The van der Waals surface area contributed by atoms with Gasteiger partial charge in [-0.3, -0.25) is 10.1 Å². The van der Waals surface area contributed by atoms with Gasteiger partial charge in [0.25, 0.3) is 5.69 Å². The van der Waals surface area contributed by atoms with E-state index in [1.165, 1.54) is 12.1 Å². The van der Waals surface area contributed by atoms with E-state index in [9.17, 15) is 10.1 Å². The van der Waals surface area contributed by atoms with Crippen LogP contribution in [0, 0.1) is 17.0 Å². The summed E-state index contributed by atoms with van der Waals surface area (Å²) in [5.74, 6) is 1.61. The van der Waals surface area contributed by atoms with Gasteiger partial charge in [-0.2, -0.15) is 4.98 Å². The highest BCUT2D eigenvalue weighted by molar-refractivity contribution is 5.49. The van der Waals surface area contributed by atoms with Gasteiger partial charge in [-0.15, -0.1) is 0 Å². The van der Waals surface area contributed by atoms with Crippen LogP contribution >= 0.6 is 0 Å². The molecule has 0 amide bonds. The lowest BCUT2D eigenvalue weighted by atomic mass is 10.2. The minimum atomic E-state index is -0.448. The summed E-state index contributed by atoms with van der Waals surface area (Å²) in [5, 5.41) is 10.9. The zero-order valence-electron chi connectivity index (χ0n) is 12.0. The molecule has 2 aromatic rings. The van der Waals surface area contributed by atoms with Crippen molar-refractivity contribution >= 4 is 11.5 Å². The zero-order valence-corrected chi connectivity index (χ0v) is 12.0. The topological polar surface area (TPSA) is 104 Å². The van der Waals surface area contributed by atoms with Crippen molar-refractivity contribution in [3.8, 4) is 11.6 Å². The van der Waals surface area contributed by atoms with E-state index in [2.05, 4.69) is 9.97 Å². The van der Waals surface area contributed by atoms with Crippen molar-refractivity contribution in [2.45, 2.75) is 26.7 Å². The minimum Gasteiger partial charge on any atom is -0.438 e. The molecule has 1 aromatic heterocycles. The molecule has 1 heterocycles. The summed E-state index contributed by atoms with van der Waals surface area (Å²) in [5.41, 5.74) is 6.16. The Hall–Kier alpha value is -2.70. The Labute approximate surface area is 121 Å². The molecule has 0 aliphatic rings. The normalized spacial score (nSPS) is 10.7. The summed E-state index contributed by atoms with van der Waals surface area (Å²) >= 11 is 0. The zero-order chi connectivity index (χ0) is 15.6. The molecule has 0 aliphatic carbocycles. The van der Waals surface area contributed by atoms with Gasteiger partial charge in [-0.05, 0) is 13.0 Å². The van der Waals surface area contributed by atoms with Crippen LogP contribution < -0.4 is 10.5 Å². The van der Waals surface area contributed by atoms with Crippen molar-refractivity contribution in [3.63, 3.8) is 0 Å². The fraction of sp³-hybridized carbons (Fsp3) is 0.286. The summed E-state index contributed by atoms with van der Waals surface area (Å²) in [7, 11) is 0. The number of rotatable bonds is 4. The third-order valence-electron chi connectivity index (χ3n) is 2.92. The number of benzene rings is 1. The third kappa shape index (κ3) is 3.25. The Morgan fingerprint density at radius 1 is 1.33 bits per heavy atom. The van der Waals surface area contributed by atoms with Gasteiger partial charge in [0.05, 0.1) is 10.5 Å². The molecule has 0 unspecified atom stereocenters. The number of nitrogens with two attached hydrogens (primary N) is 1. The molecule has 21 heavy (non-hydrogen) atoms. The van der Waals surface area contributed by atoms with Crippen LogP contribution in [0.3, 0.4) is 0 Å². The first kappa shape index (κ1) is 14.7. The van der Waals surface area contributed by atoms with E-state index in [-0.39, 0.29) is 17.5 Å². The molecule has 2 N–H and O–H groups in total. The first-order chi connectivity index (χ1) is 9.88. The largest absolute Gasteiger partial charge is 0.438 e. The molecule has 0 spiro atoms. The fourth-order valence-electron chi connectivity index (χ4n) is 1.80. The lowest BCUT2D eigenvalue weighted by molar-refractivity contribution is -0.385. The van der Waals surface area contributed by atoms with E-state index < -0.39 is 4.92 Å². The smallest absolute Gasteiger partial charge is 0.276 e. The molecule has 110 valence electrons. The lowest BCUT2D eigenvalue weighted by Gasteiger charge is -2.11. The Kier molecular flexibility index (Phi) is 4.02. The Balaban J connectivity index is 2.39. The monoisotopic (exact) mass is 288 g/mol. The van der Waals surface area contributed by atoms with Crippen molar-refractivity contribution in [2.75, 3.05) is 5.73 Å². The molecule has 0 saturated carbocycles. The molecule has 0 atom stereocenters. The van der Waals surface area contributed by atoms with Gasteiger partial charge >= 0.3 is 0 Å². The van der Waals surface area contributed by atoms with E-state index in [0.29, 0.717) is 23.0 Å². The number of nitrogens with zero attached hydrogens (tertiary/aromatic N) is 3. The second-order valence-electron chi connectivity index (χ2n) is 4.90. The van der Waals surface area contributed by atoms with Crippen LogP contribution in [0.25, 0.3) is 0 Å². The van der Waals surface area contributed by atoms with Crippen LogP contribution in [0.1, 0.15) is 31.2 Å².